The summed E-state index contributed by atoms with van der Waals surface area (Å²) in [5.74, 6) is -1.11. The lowest BCUT2D eigenvalue weighted by molar-refractivity contribution is -0.120. The fraction of sp³-hybridized carbons (Fsp3) is 0.188. The van der Waals surface area contributed by atoms with Gasteiger partial charge >= 0.3 is 0 Å². The molecule has 6 heteroatoms. The van der Waals surface area contributed by atoms with Gasteiger partial charge in [-0.2, -0.15) is 0 Å². The first-order valence-electron chi connectivity index (χ1n) is 6.77. The number of benzene rings is 2. The van der Waals surface area contributed by atoms with Crippen molar-refractivity contribution >= 4 is 15.7 Å². The van der Waals surface area contributed by atoms with Gasteiger partial charge in [0.2, 0.25) is 5.91 Å². The fourth-order valence-electron chi connectivity index (χ4n) is 1.90. The summed E-state index contributed by atoms with van der Waals surface area (Å²) >= 11 is 0. The first-order valence-corrected chi connectivity index (χ1v) is 8.42. The molecule has 0 saturated heterocycles. The summed E-state index contributed by atoms with van der Waals surface area (Å²) in [6, 6.07) is 14.1. The summed E-state index contributed by atoms with van der Waals surface area (Å²) in [5, 5.41) is 2.52. The maximum atomic E-state index is 13.4. The molecule has 0 saturated carbocycles. The largest absolute Gasteiger partial charge is 0.352 e. The fourth-order valence-corrected chi connectivity index (χ4v) is 3.16. The van der Waals surface area contributed by atoms with Gasteiger partial charge in [-0.1, -0.05) is 36.4 Å². The van der Waals surface area contributed by atoms with Crippen molar-refractivity contribution in [3.8, 4) is 0 Å². The third-order valence-electron chi connectivity index (χ3n) is 3.13. The molecule has 0 radical (unpaired) electrons. The van der Waals surface area contributed by atoms with Crippen LogP contribution in [0.15, 0.2) is 59.5 Å². The Balaban J connectivity index is 1.87. The van der Waals surface area contributed by atoms with Crippen LogP contribution in [0, 0.1) is 5.82 Å². The highest BCUT2D eigenvalue weighted by atomic mass is 32.2. The minimum Gasteiger partial charge on any atom is -0.352 e. The molecule has 0 aromatic heterocycles. The van der Waals surface area contributed by atoms with Gasteiger partial charge in [0.25, 0.3) is 0 Å². The Morgan fingerprint density at radius 1 is 1.00 bits per heavy atom. The third-order valence-corrected chi connectivity index (χ3v) is 4.87. The van der Waals surface area contributed by atoms with Crippen LogP contribution in [0.1, 0.15) is 12.0 Å². The number of amides is 1. The van der Waals surface area contributed by atoms with Crippen LogP contribution >= 0.6 is 0 Å². The number of rotatable bonds is 6. The van der Waals surface area contributed by atoms with Crippen LogP contribution in [0.4, 0.5) is 4.39 Å². The van der Waals surface area contributed by atoms with E-state index in [-0.39, 0.29) is 23.6 Å². The first-order chi connectivity index (χ1) is 10.5. The molecule has 1 N–H and O–H groups in total. The second kappa shape index (κ2) is 7.17. The van der Waals surface area contributed by atoms with Crippen molar-refractivity contribution in [2.24, 2.45) is 0 Å². The number of hydrogen-bond donors (Lipinski definition) is 1. The molecule has 2 aromatic rings. The second-order valence-corrected chi connectivity index (χ2v) is 6.86. The number of sulfone groups is 1. The van der Waals surface area contributed by atoms with Crippen molar-refractivity contribution in [2.45, 2.75) is 17.9 Å². The maximum Gasteiger partial charge on any atom is 0.221 e. The van der Waals surface area contributed by atoms with Crippen LogP contribution in [0.25, 0.3) is 0 Å². The van der Waals surface area contributed by atoms with Crippen molar-refractivity contribution in [1.29, 1.82) is 0 Å². The van der Waals surface area contributed by atoms with Crippen LogP contribution in [0.3, 0.4) is 0 Å². The number of carbonyl (C=O) groups is 1. The van der Waals surface area contributed by atoms with E-state index in [1.165, 1.54) is 18.2 Å². The molecule has 1 amide bonds. The Bertz CT molecular complexity index is 745. The SMILES string of the molecule is O=C(CCS(=O)(=O)c1ccccc1)NCc1ccccc1F. The Kier molecular flexibility index (Phi) is 5.27. The molecule has 0 unspecified atom stereocenters. The van der Waals surface area contributed by atoms with E-state index >= 15 is 0 Å². The molecule has 0 fully saturated rings. The highest BCUT2D eigenvalue weighted by Gasteiger charge is 2.16. The Hall–Kier alpha value is -2.21. The summed E-state index contributed by atoms with van der Waals surface area (Å²) in [7, 11) is -3.48. The highest BCUT2D eigenvalue weighted by Crippen LogP contribution is 2.11. The molecule has 2 rings (SSSR count). The Labute approximate surface area is 128 Å². The molecule has 0 atom stereocenters. The summed E-state index contributed by atoms with van der Waals surface area (Å²) < 4.78 is 37.4. The zero-order chi connectivity index (χ0) is 16.0. The average molecular weight is 321 g/mol. The number of nitrogens with one attached hydrogen (secondary N) is 1. The minimum atomic E-state index is -3.48. The van der Waals surface area contributed by atoms with Crippen LogP contribution in [-0.2, 0) is 21.2 Å². The summed E-state index contributed by atoms with van der Waals surface area (Å²) in [6.45, 7) is 0.0386. The van der Waals surface area contributed by atoms with E-state index in [0.717, 1.165) is 0 Å². The minimum absolute atomic E-state index is 0.0386. The summed E-state index contributed by atoms with van der Waals surface area (Å²) in [6.07, 6.45) is -0.161. The molecule has 2 aromatic carbocycles. The molecular weight excluding hydrogens is 305 g/mol. The molecule has 0 aliphatic heterocycles. The third kappa shape index (κ3) is 4.39. The molecule has 0 aliphatic rings. The van der Waals surface area contributed by atoms with Gasteiger partial charge in [0.05, 0.1) is 10.6 Å². The van der Waals surface area contributed by atoms with Crippen molar-refractivity contribution in [3.63, 3.8) is 0 Å². The van der Waals surface area contributed by atoms with Crippen LogP contribution in [0.2, 0.25) is 0 Å². The smallest absolute Gasteiger partial charge is 0.221 e. The van der Waals surface area contributed by atoms with E-state index in [1.807, 2.05) is 0 Å². The van der Waals surface area contributed by atoms with Gasteiger partial charge in [0.1, 0.15) is 5.82 Å². The molecule has 22 heavy (non-hydrogen) atoms. The second-order valence-electron chi connectivity index (χ2n) is 4.75. The van der Waals surface area contributed by atoms with E-state index in [1.54, 1.807) is 36.4 Å². The van der Waals surface area contributed by atoms with Gasteiger partial charge in [-0.15, -0.1) is 0 Å². The van der Waals surface area contributed by atoms with E-state index in [9.17, 15) is 17.6 Å². The van der Waals surface area contributed by atoms with Gasteiger partial charge in [-0.3, -0.25) is 4.79 Å². The molecule has 116 valence electrons. The van der Waals surface area contributed by atoms with E-state index in [4.69, 9.17) is 0 Å². The lowest BCUT2D eigenvalue weighted by Crippen LogP contribution is -2.25. The molecule has 4 nitrogen and oxygen atoms in total. The van der Waals surface area contributed by atoms with Crippen LogP contribution in [0.5, 0.6) is 0 Å². The quantitative estimate of drug-likeness (QED) is 0.888. The van der Waals surface area contributed by atoms with Gasteiger partial charge < -0.3 is 5.32 Å². The van der Waals surface area contributed by atoms with Crippen LogP contribution < -0.4 is 5.32 Å². The van der Waals surface area contributed by atoms with Gasteiger partial charge in [-0.25, -0.2) is 12.8 Å². The van der Waals surface area contributed by atoms with Crippen molar-refractivity contribution in [1.82, 2.24) is 5.32 Å². The van der Waals surface area contributed by atoms with Crippen molar-refractivity contribution in [3.05, 3.63) is 66.0 Å². The maximum absolute atomic E-state index is 13.4. The molecule has 0 bridgehead atoms. The van der Waals surface area contributed by atoms with Crippen molar-refractivity contribution < 1.29 is 17.6 Å². The predicted molar refractivity (Wildman–Crippen MR) is 81.4 cm³/mol. The standard InChI is InChI=1S/C16H16FNO3S/c17-15-9-5-4-6-13(15)12-18-16(19)10-11-22(20,21)14-7-2-1-3-8-14/h1-9H,10-12H2,(H,18,19). The average Bonchev–Trinajstić information content (AvgIpc) is 2.53. The lowest BCUT2D eigenvalue weighted by Gasteiger charge is -2.07. The van der Waals surface area contributed by atoms with Crippen LogP contribution in [-0.4, -0.2) is 20.1 Å². The molecule has 0 aliphatic carbocycles. The lowest BCUT2D eigenvalue weighted by atomic mass is 10.2. The summed E-state index contributed by atoms with van der Waals surface area (Å²) in [4.78, 5) is 11.9. The predicted octanol–water partition coefficient (Wildman–Crippen LogP) is 2.31. The van der Waals surface area contributed by atoms with E-state index < -0.39 is 21.6 Å². The van der Waals surface area contributed by atoms with Gasteiger partial charge in [-0.05, 0) is 18.2 Å². The number of hydrogen-bond acceptors (Lipinski definition) is 3. The molecule has 0 spiro atoms. The first kappa shape index (κ1) is 16.2. The van der Waals surface area contributed by atoms with E-state index in [0.29, 0.717) is 5.56 Å². The Morgan fingerprint density at radius 2 is 1.64 bits per heavy atom. The Morgan fingerprint density at radius 3 is 2.32 bits per heavy atom. The summed E-state index contributed by atoms with van der Waals surface area (Å²) in [5.41, 5.74) is 0.363. The molecule has 0 heterocycles. The topological polar surface area (TPSA) is 63.2 Å². The monoisotopic (exact) mass is 321 g/mol. The zero-order valence-electron chi connectivity index (χ0n) is 11.8. The van der Waals surface area contributed by atoms with Crippen molar-refractivity contribution in [2.75, 3.05) is 5.75 Å². The van der Waals surface area contributed by atoms with Gasteiger partial charge in [0.15, 0.2) is 9.84 Å². The van der Waals surface area contributed by atoms with Gasteiger partial charge in [0, 0.05) is 18.5 Å². The zero-order valence-corrected chi connectivity index (χ0v) is 12.6. The number of carbonyl (C=O) groups excluding carboxylic acids is 1. The van der Waals surface area contributed by atoms with E-state index in [2.05, 4.69) is 5.32 Å². The highest BCUT2D eigenvalue weighted by molar-refractivity contribution is 7.91. The normalized spacial score (nSPS) is 11.1. The molecular formula is C16H16FNO3S. The number of halogens is 1.